The molecule has 0 atom stereocenters. The zero-order valence-corrected chi connectivity index (χ0v) is 10.5. The molecule has 1 aromatic carbocycles. The van der Waals surface area contributed by atoms with E-state index in [-0.39, 0.29) is 11.1 Å². The lowest BCUT2D eigenvalue weighted by atomic mass is 10.2. The van der Waals surface area contributed by atoms with Crippen LogP contribution in [0, 0.1) is 0 Å². The fourth-order valence-corrected chi connectivity index (χ4v) is 1.94. The second-order valence-electron chi connectivity index (χ2n) is 3.99. The number of fused-ring (bicyclic) bond motifs is 1. The van der Waals surface area contributed by atoms with Crippen LogP contribution in [-0.4, -0.2) is 21.1 Å². The largest absolute Gasteiger partial charge is 0.322 e. The lowest BCUT2D eigenvalue weighted by Crippen LogP contribution is -2.11. The summed E-state index contributed by atoms with van der Waals surface area (Å²) in [6.45, 7) is 0. The minimum absolute atomic E-state index is 0.229. The molecule has 0 fully saturated rings. The van der Waals surface area contributed by atoms with Crippen molar-refractivity contribution in [2.45, 2.75) is 0 Å². The molecule has 0 aliphatic rings. The highest BCUT2D eigenvalue weighted by atomic mass is 35.5. The van der Waals surface area contributed by atoms with Crippen LogP contribution < -0.4 is 5.32 Å². The Morgan fingerprint density at radius 2 is 2.16 bits per heavy atom. The molecule has 0 aliphatic heterocycles. The minimum Gasteiger partial charge on any atom is -0.322 e. The molecule has 0 bridgehead atoms. The summed E-state index contributed by atoms with van der Waals surface area (Å²) in [5.74, 6) is -0.229. The van der Waals surface area contributed by atoms with E-state index in [0.717, 1.165) is 10.9 Å². The van der Waals surface area contributed by atoms with E-state index in [0.29, 0.717) is 11.3 Å². The van der Waals surface area contributed by atoms with Crippen LogP contribution in [0.1, 0.15) is 10.4 Å². The monoisotopic (exact) mass is 272 g/mol. The first kappa shape index (κ1) is 11.7. The van der Waals surface area contributed by atoms with Crippen LogP contribution in [0.25, 0.3) is 10.9 Å². The highest BCUT2D eigenvalue weighted by Gasteiger charge is 2.07. The van der Waals surface area contributed by atoms with Crippen molar-refractivity contribution in [3.05, 3.63) is 53.4 Å². The maximum Gasteiger partial charge on any atom is 0.255 e. The number of pyridine rings is 1. The van der Waals surface area contributed by atoms with E-state index in [1.165, 1.54) is 12.3 Å². The Morgan fingerprint density at radius 1 is 1.26 bits per heavy atom. The van der Waals surface area contributed by atoms with Crippen LogP contribution in [0.3, 0.4) is 0 Å². The molecule has 0 saturated heterocycles. The summed E-state index contributed by atoms with van der Waals surface area (Å²) >= 11 is 5.75. The summed E-state index contributed by atoms with van der Waals surface area (Å²) in [6.07, 6.45) is 3.20. The van der Waals surface area contributed by atoms with E-state index >= 15 is 0 Å². The Balaban J connectivity index is 1.86. The zero-order valence-electron chi connectivity index (χ0n) is 9.72. The Hall–Kier alpha value is -2.40. The molecule has 0 unspecified atom stereocenters. The Morgan fingerprint density at radius 3 is 3.00 bits per heavy atom. The van der Waals surface area contributed by atoms with E-state index in [1.807, 2.05) is 12.1 Å². The van der Waals surface area contributed by atoms with Gasteiger partial charge in [0.05, 0.1) is 11.7 Å². The normalized spacial score (nSPS) is 10.6. The molecule has 2 aromatic heterocycles. The topological polar surface area (TPSA) is 70.7 Å². The summed E-state index contributed by atoms with van der Waals surface area (Å²) < 4.78 is 0. The van der Waals surface area contributed by atoms with Crippen molar-refractivity contribution in [1.82, 2.24) is 15.2 Å². The average Bonchev–Trinajstić information content (AvgIpc) is 2.86. The number of amides is 1. The van der Waals surface area contributed by atoms with Crippen molar-refractivity contribution in [3.8, 4) is 0 Å². The number of rotatable bonds is 2. The molecule has 0 spiro atoms. The molecule has 94 valence electrons. The van der Waals surface area contributed by atoms with Crippen molar-refractivity contribution in [2.75, 3.05) is 5.32 Å². The highest BCUT2D eigenvalue weighted by Crippen LogP contribution is 2.17. The molecule has 0 radical (unpaired) electrons. The molecule has 1 amide bonds. The highest BCUT2D eigenvalue weighted by molar-refractivity contribution is 6.29. The lowest BCUT2D eigenvalue weighted by Gasteiger charge is -2.05. The first-order valence-corrected chi connectivity index (χ1v) is 5.96. The third kappa shape index (κ3) is 2.41. The number of nitrogens with zero attached hydrogens (tertiary/aromatic N) is 2. The summed E-state index contributed by atoms with van der Waals surface area (Å²) in [6, 6.07) is 8.64. The number of carbonyl (C=O) groups excluding carboxylic acids is 1. The molecule has 0 saturated carbocycles. The number of hydrogen-bond acceptors (Lipinski definition) is 3. The summed E-state index contributed by atoms with van der Waals surface area (Å²) in [7, 11) is 0. The van der Waals surface area contributed by atoms with E-state index in [1.54, 1.807) is 18.3 Å². The molecular formula is C13H9ClN4O. The summed E-state index contributed by atoms with van der Waals surface area (Å²) in [5.41, 5.74) is 2.09. The van der Waals surface area contributed by atoms with Crippen molar-refractivity contribution in [2.24, 2.45) is 0 Å². The predicted octanol–water partition coefficient (Wildman–Crippen LogP) is 2.86. The smallest absolute Gasteiger partial charge is 0.255 e. The van der Waals surface area contributed by atoms with Crippen LogP contribution >= 0.6 is 11.6 Å². The minimum atomic E-state index is -0.229. The van der Waals surface area contributed by atoms with E-state index in [4.69, 9.17) is 11.6 Å². The number of benzene rings is 1. The van der Waals surface area contributed by atoms with Crippen molar-refractivity contribution < 1.29 is 4.79 Å². The second kappa shape index (κ2) is 4.70. The van der Waals surface area contributed by atoms with Gasteiger partial charge in [-0.2, -0.15) is 5.10 Å². The average molecular weight is 273 g/mol. The van der Waals surface area contributed by atoms with Crippen LogP contribution in [-0.2, 0) is 0 Å². The zero-order chi connectivity index (χ0) is 13.2. The van der Waals surface area contributed by atoms with Gasteiger partial charge in [-0.15, -0.1) is 0 Å². The van der Waals surface area contributed by atoms with Gasteiger partial charge in [0.1, 0.15) is 5.15 Å². The maximum absolute atomic E-state index is 12.0. The number of H-pyrrole nitrogens is 1. The molecule has 0 aliphatic carbocycles. The van der Waals surface area contributed by atoms with Crippen LogP contribution in [0.2, 0.25) is 5.15 Å². The number of carbonyl (C=O) groups is 1. The Labute approximate surface area is 113 Å². The van der Waals surface area contributed by atoms with Gasteiger partial charge in [-0.1, -0.05) is 11.6 Å². The first-order valence-electron chi connectivity index (χ1n) is 5.58. The summed E-state index contributed by atoms with van der Waals surface area (Å²) in [5, 5.41) is 10.8. The molecule has 3 aromatic rings. The number of aromatic amines is 1. The van der Waals surface area contributed by atoms with Crippen LogP contribution in [0.4, 0.5) is 5.69 Å². The van der Waals surface area contributed by atoms with Gasteiger partial charge in [0.25, 0.3) is 5.91 Å². The second-order valence-corrected chi connectivity index (χ2v) is 4.38. The number of halogens is 1. The third-order valence-corrected chi connectivity index (χ3v) is 2.89. The van der Waals surface area contributed by atoms with Crippen molar-refractivity contribution in [1.29, 1.82) is 0 Å². The maximum atomic E-state index is 12.0. The van der Waals surface area contributed by atoms with Gasteiger partial charge < -0.3 is 5.32 Å². The number of hydrogen-bond donors (Lipinski definition) is 2. The van der Waals surface area contributed by atoms with Crippen LogP contribution in [0.5, 0.6) is 0 Å². The SMILES string of the molecule is O=C(Nc1ccc2[nH]ncc2c1)c1ccnc(Cl)c1. The van der Waals surface area contributed by atoms with Gasteiger partial charge in [-0.3, -0.25) is 9.89 Å². The van der Waals surface area contributed by atoms with E-state index < -0.39 is 0 Å². The van der Waals surface area contributed by atoms with Gasteiger partial charge in [0.2, 0.25) is 0 Å². The standard InChI is InChI=1S/C13H9ClN4O/c14-12-6-8(3-4-15-12)13(19)17-10-1-2-11-9(5-10)7-16-18-11/h1-7H,(H,16,18)(H,17,19). The van der Waals surface area contributed by atoms with Gasteiger partial charge in [0, 0.05) is 22.8 Å². The molecule has 6 heteroatoms. The van der Waals surface area contributed by atoms with Gasteiger partial charge in [0.15, 0.2) is 0 Å². The number of nitrogens with one attached hydrogen (secondary N) is 2. The molecule has 3 rings (SSSR count). The molecule has 2 N–H and O–H groups in total. The van der Waals surface area contributed by atoms with Crippen LogP contribution in [0.15, 0.2) is 42.7 Å². The molecular weight excluding hydrogens is 264 g/mol. The fourth-order valence-electron chi connectivity index (χ4n) is 1.77. The van der Waals surface area contributed by atoms with Gasteiger partial charge in [-0.05, 0) is 30.3 Å². The van der Waals surface area contributed by atoms with Gasteiger partial charge in [-0.25, -0.2) is 4.98 Å². The van der Waals surface area contributed by atoms with E-state index in [9.17, 15) is 4.79 Å². The van der Waals surface area contributed by atoms with Crippen molar-refractivity contribution >= 4 is 34.1 Å². The molecule has 19 heavy (non-hydrogen) atoms. The number of anilines is 1. The molecule has 5 nitrogen and oxygen atoms in total. The predicted molar refractivity (Wildman–Crippen MR) is 73.3 cm³/mol. The Kier molecular flexibility index (Phi) is 2.89. The lowest BCUT2D eigenvalue weighted by molar-refractivity contribution is 0.102. The fraction of sp³-hybridized carbons (Fsp3) is 0. The quantitative estimate of drug-likeness (QED) is 0.705. The number of aromatic nitrogens is 3. The summed E-state index contributed by atoms with van der Waals surface area (Å²) in [4.78, 5) is 15.9. The van der Waals surface area contributed by atoms with E-state index in [2.05, 4.69) is 20.5 Å². The first-order chi connectivity index (χ1) is 9.22. The Bertz CT molecular complexity index is 753. The van der Waals surface area contributed by atoms with Gasteiger partial charge >= 0.3 is 0 Å². The molecule has 2 heterocycles. The third-order valence-electron chi connectivity index (χ3n) is 2.69. The van der Waals surface area contributed by atoms with Crippen molar-refractivity contribution in [3.63, 3.8) is 0 Å².